The van der Waals surface area contributed by atoms with E-state index in [1.54, 1.807) is 7.05 Å². The van der Waals surface area contributed by atoms with Crippen LogP contribution in [0.5, 0.6) is 0 Å². The van der Waals surface area contributed by atoms with Crippen LogP contribution in [0.2, 0.25) is 0 Å². The number of rotatable bonds is 2. The Hall–Kier alpha value is -1.30. The van der Waals surface area contributed by atoms with E-state index in [9.17, 15) is 0 Å². The summed E-state index contributed by atoms with van der Waals surface area (Å²) in [6, 6.07) is 0.714. The summed E-state index contributed by atoms with van der Waals surface area (Å²) in [5.41, 5.74) is 6.30. The van der Waals surface area contributed by atoms with E-state index in [1.165, 1.54) is 32.1 Å². The van der Waals surface area contributed by atoms with Crippen LogP contribution in [0.15, 0.2) is 9.98 Å². The number of hydrogen-bond donors (Lipinski definition) is 4. The Kier molecular flexibility index (Phi) is 6.12. The molecular formula is C18H36N6. The Labute approximate surface area is 147 Å². The van der Waals surface area contributed by atoms with Crippen molar-refractivity contribution in [3.05, 3.63) is 0 Å². The smallest absolute Gasteiger partial charge is 0.198 e. The number of aliphatic imine (C=N–C) groups is 2. The van der Waals surface area contributed by atoms with Crippen molar-refractivity contribution >= 4 is 11.9 Å². The molecule has 1 heterocycles. The molecule has 0 aromatic heterocycles. The molecule has 1 aliphatic carbocycles. The second kappa shape index (κ2) is 7.72. The van der Waals surface area contributed by atoms with Gasteiger partial charge in [0.1, 0.15) is 0 Å². The van der Waals surface area contributed by atoms with Crippen LogP contribution in [-0.4, -0.2) is 42.1 Å². The molecule has 1 saturated heterocycles. The third kappa shape index (κ3) is 5.96. The van der Waals surface area contributed by atoms with Gasteiger partial charge < -0.3 is 16.4 Å². The number of piperidine rings is 1. The van der Waals surface area contributed by atoms with Crippen LogP contribution in [0, 0.1) is 0 Å². The SMILES string of the molecule is CN=C(NC(N)=NC1CC(C)(C)NC(C)(C)C1)NC1CCCCC1. The van der Waals surface area contributed by atoms with Crippen LogP contribution in [-0.2, 0) is 0 Å². The number of hydrogen-bond acceptors (Lipinski definition) is 3. The van der Waals surface area contributed by atoms with E-state index in [-0.39, 0.29) is 17.1 Å². The number of nitrogens with two attached hydrogens (primary N) is 1. The first-order valence-electron chi connectivity index (χ1n) is 9.32. The van der Waals surface area contributed by atoms with Crippen LogP contribution in [0.3, 0.4) is 0 Å². The zero-order valence-corrected chi connectivity index (χ0v) is 16.1. The Bertz CT molecular complexity index is 458. The minimum absolute atomic E-state index is 0.0677. The van der Waals surface area contributed by atoms with Crippen LogP contribution in [0.4, 0.5) is 0 Å². The molecule has 138 valence electrons. The maximum atomic E-state index is 6.16. The number of nitrogens with one attached hydrogen (secondary N) is 3. The molecule has 6 nitrogen and oxygen atoms in total. The average Bonchev–Trinajstić information content (AvgIpc) is 2.44. The Morgan fingerprint density at radius 2 is 1.62 bits per heavy atom. The zero-order chi connectivity index (χ0) is 17.8. The third-order valence-electron chi connectivity index (χ3n) is 4.91. The van der Waals surface area contributed by atoms with Gasteiger partial charge in [0.05, 0.1) is 6.04 Å². The second-order valence-electron chi connectivity index (χ2n) is 8.65. The van der Waals surface area contributed by atoms with E-state index in [2.05, 4.69) is 48.6 Å². The summed E-state index contributed by atoms with van der Waals surface area (Å²) in [5, 5.41) is 10.3. The van der Waals surface area contributed by atoms with Crippen LogP contribution >= 0.6 is 0 Å². The number of nitrogens with zero attached hydrogens (tertiary/aromatic N) is 2. The van der Waals surface area contributed by atoms with Crippen LogP contribution < -0.4 is 21.7 Å². The van der Waals surface area contributed by atoms with E-state index in [1.807, 2.05) is 0 Å². The molecule has 0 bridgehead atoms. The van der Waals surface area contributed by atoms with E-state index < -0.39 is 0 Å². The lowest BCUT2D eigenvalue weighted by Gasteiger charge is -2.45. The molecule has 2 rings (SSSR count). The van der Waals surface area contributed by atoms with Crippen molar-refractivity contribution < 1.29 is 0 Å². The molecule has 5 N–H and O–H groups in total. The van der Waals surface area contributed by atoms with Crippen molar-refractivity contribution in [3.8, 4) is 0 Å². The van der Waals surface area contributed by atoms with Crippen molar-refractivity contribution in [1.82, 2.24) is 16.0 Å². The van der Waals surface area contributed by atoms with Crippen molar-refractivity contribution in [2.24, 2.45) is 15.7 Å². The zero-order valence-electron chi connectivity index (χ0n) is 16.1. The third-order valence-corrected chi connectivity index (χ3v) is 4.91. The summed E-state index contributed by atoms with van der Waals surface area (Å²) in [4.78, 5) is 9.02. The monoisotopic (exact) mass is 336 g/mol. The Morgan fingerprint density at radius 1 is 1.04 bits per heavy atom. The quantitative estimate of drug-likeness (QED) is 0.459. The van der Waals surface area contributed by atoms with Gasteiger partial charge >= 0.3 is 0 Å². The van der Waals surface area contributed by atoms with Crippen molar-refractivity contribution in [1.29, 1.82) is 0 Å². The highest BCUT2D eigenvalue weighted by molar-refractivity contribution is 5.98. The Morgan fingerprint density at radius 3 is 2.17 bits per heavy atom. The van der Waals surface area contributed by atoms with Crippen molar-refractivity contribution in [3.63, 3.8) is 0 Å². The van der Waals surface area contributed by atoms with Gasteiger partial charge in [-0.1, -0.05) is 19.3 Å². The molecule has 0 aromatic rings. The van der Waals surface area contributed by atoms with Crippen LogP contribution in [0.25, 0.3) is 0 Å². The first-order valence-corrected chi connectivity index (χ1v) is 9.32. The lowest BCUT2D eigenvalue weighted by atomic mass is 9.80. The van der Waals surface area contributed by atoms with Gasteiger partial charge in [-0.2, -0.15) is 0 Å². The molecule has 1 saturated carbocycles. The summed E-state index contributed by atoms with van der Waals surface area (Å²) in [5.74, 6) is 1.19. The summed E-state index contributed by atoms with van der Waals surface area (Å²) in [6.07, 6.45) is 8.29. The van der Waals surface area contributed by atoms with E-state index in [4.69, 9.17) is 10.7 Å². The molecule has 0 amide bonds. The minimum Gasteiger partial charge on any atom is -0.370 e. The van der Waals surface area contributed by atoms with Gasteiger partial charge in [-0.25, -0.2) is 4.99 Å². The van der Waals surface area contributed by atoms with Crippen molar-refractivity contribution in [2.75, 3.05) is 7.05 Å². The lowest BCUT2D eigenvalue weighted by Crippen LogP contribution is -2.59. The standard InChI is InChI=1S/C18H36N6/c1-17(2)11-14(12-18(3,4)24-17)21-15(19)23-16(20-5)22-13-9-7-6-8-10-13/h13-14,24H,6-12H2,1-5H3,(H4,19,20,21,22,23). The van der Waals surface area contributed by atoms with Gasteiger partial charge in [-0.15, -0.1) is 0 Å². The van der Waals surface area contributed by atoms with Crippen molar-refractivity contribution in [2.45, 2.75) is 95.8 Å². The topological polar surface area (TPSA) is 86.8 Å². The van der Waals surface area contributed by atoms with Gasteiger partial charge in [0.2, 0.25) is 0 Å². The molecule has 0 spiro atoms. The van der Waals surface area contributed by atoms with E-state index >= 15 is 0 Å². The first-order chi connectivity index (χ1) is 11.2. The first kappa shape index (κ1) is 19.0. The maximum Gasteiger partial charge on any atom is 0.198 e. The highest BCUT2D eigenvalue weighted by atomic mass is 15.2. The van der Waals surface area contributed by atoms with Gasteiger partial charge in [-0.3, -0.25) is 10.3 Å². The molecule has 0 atom stereocenters. The van der Waals surface area contributed by atoms with E-state index in [0.29, 0.717) is 12.0 Å². The molecule has 2 fully saturated rings. The molecular weight excluding hydrogens is 300 g/mol. The summed E-state index contributed by atoms with van der Waals surface area (Å²) < 4.78 is 0. The predicted octanol–water partition coefficient (Wildman–Crippen LogP) is 2.11. The highest BCUT2D eigenvalue weighted by Gasteiger charge is 2.37. The van der Waals surface area contributed by atoms with Gasteiger partial charge in [0, 0.05) is 24.2 Å². The fourth-order valence-corrected chi connectivity index (χ4v) is 4.31. The minimum atomic E-state index is 0.0677. The maximum absolute atomic E-state index is 6.16. The van der Waals surface area contributed by atoms with Gasteiger partial charge in [0.25, 0.3) is 0 Å². The molecule has 2 aliphatic rings. The second-order valence-corrected chi connectivity index (χ2v) is 8.65. The molecule has 0 aromatic carbocycles. The fourth-order valence-electron chi connectivity index (χ4n) is 4.31. The normalized spacial score (nSPS) is 26.2. The fraction of sp³-hybridized carbons (Fsp3) is 0.889. The molecule has 0 radical (unpaired) electrons. The predicted molar refractivity (Wildman–Crippen MR) is 102 cm³/mol. The van der Waals surface area contributed by atoms with Crippen LogP contribution in [0.1, 0.15) is 72.6 Å². The lowest BCUT2D eigenvalue weighted by molar-refractivity contribution is 0.164. The van der Waals surface area contributed by atoms with Gasteiger partial charge in [-0.05, 0) is 53.4 Å². The largest absolute Gasteiger partial charge is 0.370 e. The summed E-state index contributed by atoms with van der Waals surface area (Å²) in [7, 11) is 1.78. The van der Waals surface area contributed by atoms with Gasteiger partial charge in [0.15, 0.2) is 11.9 Å². The highest BCUT2D eigenvalue weighted by Crippen LogP contribution is 2.30. The molecule has 1 aliphatic heterocycles. The van der Waals surface area contributed by atoms with E-state index in [0.717, 1.165) is 18.8 Å². The number of guanidine groups is 2. The summed E-state index contributed by atoms with van der Waals surface area (Å²) >= 11 is 0. The Balaban J connectivity index is 1.94. The summed E-state index contributed by atoms with van der Waals surface area (Å²) in [6.45, 7) is 8.90. The molecule has 6 heteroatoms. The average molecular weight is 337 g/mol. The molecule has 0 unspecified atom stereocenters. The molecule has 24 heavy (non-hydrogen) atoms.